The van der Waals surface area contributed by atoms with Crippen molar-refractivity contribution in [2.75, 3.05) is 18.4 Å². The molecule has 0 saturated carbocycles. The van der Waals surface area contributed by atoms with E-state index >= 15 is 0 Å². The highest BCUT2D eigenvalue weighted by molar-refractivity contribution is 7.89. The minimum Gasteiger partial charge on any atom is -0.321 e. The van der Waals surface area contributed by atoms with Gasteiger partial charge in [0.2, 0.25) is 10.0 Å². The van der Waals surface area contributed by atoms with E-state index in [0.717, 1.165) is 25.0 Å². The van der Waals surface area contributed by atoms with Gasteiger partial charge in [-0.3, -0.25) is 4.79 Å². The van der Waals surface area contributed by atoms with Crippen LogP contribution in [-0.4, -0.2) is 41.3 Å². The van der Waals surface area contributed by atoms with Crippen LogP contribution in [0, 0.1) is 0 Å². The Bertz CT molecular complexity index is 1230. The third-order valence-electron chi connectivity index (χ3n) is 5.10. The number of hydrogen-bond acceptors (Lipinski definition) is 4. The Morgan fingerprint density at radius 1 is 1.03 bits per heavy atom. The predicted octanol–water partition coefficient (Wildman–Crippen LogP) is 3.93. The lowest BCUT2D eigenvalue weighted by Crippen LogP contribution is -2.27. The average Bonchev–Trinajstić information content (AvgIpc) is 3.46. The molecule has 7 nitrogen and oxygen atoms in total. The smallest absolute Gasteiger partial charge is 0.321 e. The van der Waals surface area contributed by atoms with Crippen LogP contribution in [0.4, 0.5) is 18.9 Å². The van der Waals surface area contributed by atoms with Crippen molar-refractivity contribution in [3.05, 3.63) is 72.3 Å². The van der Waals surface area contributed by atoms with Gasteiger partial charge in [0.05, 0.1) is 10.5 Å². The van der Waals surface area contributed by atoms with Gasteiger partial charge in [-0.1, -0.05) is 6.07 Å². The Kier molecular flexibility index (Phi) is 5.78. The van der Waals surface area contributed by atoms with Crippen molar-refractivity contribution in [2.24, 2.45) is 0 Å². The molecule has 1 fully saturated rings. The lowest BCUT2D eigenvalue weighted by Gasteiger charge is -2.15. The molecule has 2 heterocycles. The SMILES string of the molecule is O=C(Nc1cccc(C(F)(F)F)c1)c1cn(-c2ccc(S(=O)(=O)N3CCCC3)cc2)cn1. The second-order valence-corrected chi connectivity index (χ2v) is 9.24. The van der Waals surface area contributed by atoms with E-state index in [9.17, 15) is 26.4 Å². The summed E-state index contributed by atoms with van der Waals surface area (Å²) < 4.78 is 66.7. The molecule has 1 saturated heterocycles. The van der Waals surface area contributed by atoms with Crippen LogP contribution in [0.2, 0.25) is 0 Å². The van der Waals surface area contributed by atoms with Gasteiger partial charge in [-0.2, -0.15) is 17.5 Å². The van der Waals surface area contributed by atoms with Crippen molar-refractivity contribution in [1.29, 1.82) is 0 Å². The highest BCUT2D eigenvalue weighted by Crippen LogP contribution is 2.30. The Hall–Kier alpha value is -3.18. The summed E-state index contributed by atoms with van der Waals surface area (Å²) in [6.45, 7) is 1.02. The monoisotopic (exact) mass is 464 g/mol. The van der Waals surface area contributed by atoms with E-state index in [1.165, 1.54) is 45.7 Å². The molecule has 1 aromatic heterocycles. The summed E-state index contributed by atoms with van der Waals surface area (Å²) in [5, 5.41) is 2.40. The van der Waals surface area contributed by atoms with Crippen LogP contribution in [0.3, 0.4) is 0 Å². The van der Waals surface area contributed by atoms with Gasteiger partial charge in [0, 0.05) is 30.7 Å². The fourth-order valence-electron chi connectivity index (χ4n) is 3.42. The standard InChI is InChI=1S/C21H19F3N4O3S/c22-21(23,24)15-4-3-5-16(12-15)26-20(29)19-13-27(14-25-19)17-6-8-18(9-7-17)32(30,31)28-10-1-2-11-28/h3-9,12-14H,1-2,10-11H2,(H,26,29). The third-order valence-corrected chi connectivity index (χ3v) is 7.01. The van der Waals surface area contributed by atoms with Gasteiger partial charge in [0.25, 0.3) is 5.91 Å². The summed E-state index contributed by atoms with van der Waals surface area (Å²) >= 11 is 0. The largest absolute Gasteiger partial charge is 0.416 e. The number of hydrogen-bond donors (Lipinski definition) is 1. The molecule has 3 aromatic rings. The number of amides is 1. The molecule has 32 heavy (non-hydrogen) atoms. The number of nitrogens with zero attached hydrogens (tertiary/aromatic N) is 3. The molecule has 0 aliphatic carbocycles. The molecule has 0 spiro atoms. The van der Waals surface area contributed by atoms with E-state index in [0.29, 0.717) is 18.8 Å². The molecule has 1 N–H and O–H groups in total. The average molecular weight is 464 g/mol. The molecule has 1 aliphatic rings. The van der Waals surface area contributed by atoms with E-state index in [4.69, 9.17) is 0 Å². The van der Waals surface area contributed by atoms with Crippen LogP contribution in [0.15, 0.2) is 66.0 Å². The molecule has 11 heteroatoms. The van der Waals surface area contributed by atoms with Crippen molar-refractivity contribution in [3.63, 3.8) is 0 Å². The van der Waals surface area contributed by atoms with E-state index in [1.54, 1.807) is 12.1 Å². The number of rotatable bonds is 5. The zero-order chi connectivity index (χ0) is 22.9. The number of sulfonamides is 1. The second-order valence-electron chi connectivity index (χ2n) is 7.30. The third kappa shape index (κ3) is 4.53. The highest BCUT2D eigenvalue weighted by Gasteiger charge is 2.30. The Balaban J connectivity index is 1.48. The number of benzene rings is 2. The molecule has 0 bridgehead atoms. The Labute approximate surface area is 182 Å². The lowest BCUT2D eigenvalue weighted by atomic mass is 10.2. The van der Waals surface area contributed by atoms with Gasteiger partial charge < -0.3 is 9.88 Å². The van der Waals surface area contributed by atoms with E-state index in [1.807, 2.05) is 0 Å². The zero-order valence-electron chi connectivity index (χ0n) is 16.7. The van der Waals surface area contributed by atoms with Gasteiger partial charge in [0.15, 0.2) is 0 Å². The van der Waals surface area contributed by atoms with E-state index < -0.39 is 27.7 Å². The van der Waals surface area contributed by atoms with Crippen LogP contribution in [-0.2, 0) is 16.2 Å². The summed E-state index contributed by atoms with van der Waals surface area (Å²) in [7, 11) is -3.53. The summed E-state index contributed by atoms with van der Waals surface area (Å²) in [5.41, 5.74) is -0.298. The topological polar surface area (TPSA) is 84.3 Å². The Morgan fingerprint density at radius 2 is 1.72 bits per heavy atom. The maximum atomic E-state index is 12.8. The van der Waals surface area contributed by atoms with Crippen LogP contribution in [0.1, 0.15) is 28.9 Å². The van der Waals surface area contributed by atoms with Crippen molar-refractivity contribution in [1.82, 2.24) is 13.9 Å². The highest BCUT2D eigenvalue weighted by atomic mass is 32.2. The van der Waals surface area contributed by atoms with E-state index in [2.05, 4.69) is 10.3 Å². The van der Waals surface area contributed by atoms with Gasteiger partial charge in [0.1, 0.15) is 12.0 Å². The fourth-order valence-corrected chi connectivity index (χ4v) is 4.93. The molecular formula is C21H19F3N4O3S. The molecule has 1 amide bonds. The molecule has 2 aromatic carbocycles. The Morgan fingerprint density at radius 3 is 2.38 bits per heavy atom. The van der Waals surface area contributed by atoms with Crippen molar-refractivity contribution in [2.45, 2.75) is 23.9 Å². The maximum Gasteiger partial charge on any atom is 0.416 e. The first kappa shape index (κ1) is 22.0. The number of imidazole rings is 1. The number of carbonyl (C=O) groups is 1. The number of aromatic nitrogens is 2. The molecule has 0 atom stereocenters. The van der Waals surface area contributed by atoms with Crippen molar-refractivity contribution >= 4 is 21.6 Å². The van der Waals surface area contributed by atoms with Crippen LogP contribution in [0.5, 0.6) is 0 Å². The van der Waals surface area contributed by atoms with Crippen molar-refractivity contribution < 1.29 is 26.4 Å². The summed E-state index contributed by atoms with van der Waals surface area (Å²) in [4.78, 5) is 16.6. The van der Waals surface area contributed by atoms with Gasteiger partial charge in [-0.05, 0) is 55.3 Å². The zero-order valence-corrected chi connectivity index (χ0v) is 17.5. The van der Waals surface area contributed by atoms with Gasteiger partial charge >= 0.3 is 6.18 Å². The first-order valence-corrected chi connectivity index (χ1v) is 11.2. The van der Waals surface area contributed by atoms with Crippen LogP contribution in [0.25, 0.3) is 5.69 Å². The maximum absolute atomic E-state index is 12.8. The molecular weight excluding hydrogens is 445 g/mol. The number of carbonyl (C=O) groups excluding carboxylic acids is 1. The van der Waals surface area contributed by atoms with Crippen LogP contribution < -0.4 is 5.32 Å². The predicted molar refractivity (Wildman–Crippen MR) is 111 cm³/mol. The number of alkyl halides is 3. The minimum atomic E-state index is -4.52. The molecule has 0 radical (unpaired) electrons. The van der Waals surface area contributed by atoms with Crippen LogP contribution >= 0.6 is 0 Å². The van der Waals surface area contributed by atoms with E-state index in [-0.39, 0.29) is 16.3 Å². The minimum absolute atomic E-state index is 0.00354. The van der Waals surface area contributed by atoms with Gasteiger partial charge in [-0.25, -0.2) is 13.4 Å². The summed E-state index contributed by atoms with van der Waals surface area (Å²) in [5.74, 6) is -0.670. The van der Waals surface area contributed by atoms with Crippen molar-refractivity contribution in [3.8, 4) is 5.69 Å². The first-order chi connectivity index (χ1) is 15.1. The number of nitrogens with one attached hydrogen (secondary N) is 1. The fraction of sp³-hybridized carbons (Fsp3) is 0.238. The lowest BCUT2D eigenvalue weighted by molar-refractivity contribution is -0.137. The molecule has 1 aliphatic heterocycles. The molecule has 4 rings (SSSR count). The normalized spacial score (nSPS) is 15.1. The summed E-state index contributed by atoms with van der Waals surface area (Å²) in [6.07, 6.45) is -0.0515. The second kappa shape index (κ2) is 8.40. The quantitative estimate of drug-likeness (QED) is 0.620. The number of anilines is 1. The van der Waals surface area contributed by atoms with Gasteiger partial charge in [-0.15, -0.1) is 0 Å². The first-order valence-electron chi connectivity index (χ1n) is 9.78. The summed E-state index contributed by atoms with van der Waals surface area (Å²) in [6, 6.07) is 10.5. The molecule has 0 unspecified atom stereocenters. The molecule has 168 valence electrons. The number of halogens is 3.